The van der Waals surface area contributed by atoms with Crippen LogP contribution in [0.2, 0.25) is 0 Å². The maximum Gasteiger partial charge on any atom is 0.355 e. The molecular formula is C14H13BrN2O3S. The number of hydrogen-bond donors (Lipinski definition) is 2. The normalized spacial score (nSPS) is 10.4. The van der Waals surface area contributed by atoms with Gasteiger partial charge in [-0.3, -0.25) is 4.79 Å². The fourth-order valence-electron chi connectivity index (χ4n) is 1.76. The number of carboxylic acid groups (broad SMARTS) is 1. The van der Waals surface area contributed by atoms with Gasteiger partial charge in [0.1, 0.15) is 0 Å². The van der Waals surface area contributed by atoms with Gasteiger partial charge < -0.3 is 10.4 Å². The van der Waals surface area contributed by atoms with Gasteiger partial charge in [0.15, 0.2) is 5.69 Å². The molecule has 0 aliphatic carbocycles. The Labute approximate surface area is 134 Å². The zero-order chi connectivity index (χ0) is 15.4. The molecule has 1 aromatic carbocycles. The molecule has 5 nitrogen and oxygen atoms in total. The molecule has 2 N–H and O–H groups in total. The van der Waals surface area contributed by atoms with Gasteiger partial charge in [-0.2, -0.15) is 0 Å². The van der Waals surface area contributed by atoms with Crippen molar-refractivity contribution in [1.82, 2.24) is 10.3 Å². The molecule has 0 saturated carbocycles. The second kappa shape index (κ2) is 6.82. The van der Waals surface area contributed by atoms with E-state index in [4.69, 9.17) is 5.11 Å². The number of hydrogen-bond acceptors (Lipinski definition) is 4. The molecule has 110 valence electrons. The van der Waals surface area contributed by atoms with Crippen molar-refractivity contribution in [2.24, 2.45) is 0 Å². The monoisotopic (exact) mass is 368 g/mol. The van der Waals surface area contributed by atoms with Crippen molar-refractivity contribution in [3.63, 3.8) is 0 Å². The Morgan fingerprint density at radius 1 is 1.43 bits per heavy atom. The lowest BCUT2D eigenvalue weighted by Crippen LogP contribution is -2.26. The van der Waals surface area contributed by atoms with Crippen molar-refractivity contribution in [2.45, 2.75) is 13.3 Å². The molecule has 0 unspecified atom stereocenters. The SMILES string of the molecule is Cc1c(Br)cccc1C(=O)NCCc1nc(C(=O)O)cs1. The number of amides is 1. The van der Waals surface area contributed by atoms with Crippen LogP contribution in [0.5, 0.6) is 0 Å². The third-order valence-corrected chi connectivity index (χ3v) is 4.68. The number of carbonyl (C=O) groups excluding carboxylic acids is 1. The van der Waals surface area contributed by atoms with Crippen LogP contribution >= 0.6 is 27.3 Å². The number of nitrogens with one attached hydrogen (secondary N) is 1. The molecule has 0 bridgehead atoms. The number of thiazole rings is 1. The molecule has 0 spiro atoms. The zero-order valence-corrected chi connectivity index (χ0v) is 13.6. The summed E-state index contributed by atoms with van der Waals surface area (Å²) >= 11 is 4.67. The van der Waals surface area contributed by atoms with E-state index in [1.54, 1.807) is 6.07 Å². The van der Waals surface area contributed by atoms with Crippen molar-refractivity contribution >= 4 is 39.1 Å². The first kappa shape index (κ1) is 15.7. The lowest BCUT2D eigenvalue weighted by atomic mass is 10.1. The number of carbonyl (C=O) groups is 2. The summed E-state index contributed by atoms with van der Waals surface area (Å²) in [6, 6.07) is 5.46. The molecule has 21 heavy (non-hydrogen) atoms. The smallest absolute Gasteiger partial charge is 0.355 e. The predicted octanol–water partition coefficient (Wildman–Crippen LogP) is 2.88. The van der Waals surface area contributed by atoms with Crippen molar-refractivity contribution < 1.29 is 14.7 Å². The molecule has 0 saturated heterocycles. The second-order valence-electron chi connectivity index (χ2n) is 4.35. The summed E-state index contributed by atoms with van der Waals surface area (Å²) in [6.45, 7) is 2.29. The van der Waals surface area contributed by atoms with Gasteiger partial charge in [0, 0.05) is 28.4 Å². The molecule has 0 fully saturated rings. The van der Waals surface area contributed by atoms with Crippen molar-refractivity contribution in [3.05, 3.63) is 49.9 Å². The van der Waals surface area contributed by atoms with Crippen LogP contribution in [0.4, 0.5) is 0 Å². The third kappa shape index (κ3) is 3.89. The topological polar surface area (TPSA) is 79.3 Å². The van der Waals surface area contributed by atoms with Crippen molar-refractivity contribution in [3.8, 4) is 0 Å². The predicted molar refractivity (Wildman–Crippen MR) is 84.0 cm³/mol. The fraction of sp³-hybridized carbons (Fsp3) is 0.214. The van der Waals surface area contributed by atoms with E-state index in [1.165, 1.54) is 16.7 Å². The minimum absolute atomic E-state index is 0.0455. The van der Waals surface area contributed by atoms with E-state index in [0.29, 0.717) is 23.5 Å². The molecule has 2 rings (SSSR count). The van der Waals surface area contributed by atoms with Crippen LogP contribution in [0, 0.1) is 6.92 Å². The molecule has 1 aromatic heterocycles. The van der Waals surface area contributed by atoms with Crippen LogP contribution in [0.3, 0.4) is 0 Å². The number of aromatic carboxylic acids is 1. The fourth-order valence-corrected chi connectivity index (χ4v) is 2.89. The van der Waals surface area contributed by atoms with Gasteiger partial charge in [-0.1, -0.05) is 22.0 Å². The number of rotatable bonds is 5. The van der Waals surface area contributed by atoms with Gasteiger partial charge in [-0.05, 0) is 24.6 Å². The van der Waals surface area contributed by atoms with Crippen LogP contribution in [-0.2, 0) is 6.42 Å². The van der Waals surface area contributed by atoms with E-state index in [1.807, 2.05) is 19.1 Å². The first-order chi connectivity index (χ1) is 9.99. The van der Waals surface area contributed by atoms with Crippen LogP contribution in [-0.4, -0.2) is 28.5 Å². The number of benzene rings is 1. The Bertz CT molecular complexity index is 685. The van der Waals surface area contributed by atoms with Crippen LogP contribution < -0.4 is 5.32 Å². The standard InChI is InChI=1S/C14H13BrN2O3S/c1-8-9(3-2-4-10(8)15)13(18)16-6-5-12-17-11(7-21-12)14(19)20/h2-4,7H,5-6H2,1H3,(H,16,18)(H,19,20). The Hall–Kier alpha value is -1.73. The van der Waals surface area contributed by atoms with Crippen LogP contribution in [0.15, 0.2) is 28.1 Å². The summed E-state index contributed by atoms with van der Waals surface area (Å²) in [5.74, 6) is -1.19. The molecule has 0 radical (unpaired) electrons. The summed E-state index contributed by atoms with van der Waals surface area (Å²) in [7, 11) is 0. The number of aromatic nitrogens is 1. The lowest BCUT2D eigenvalue weighted by Gasteiger charge is -2.08. The third-order valence-electron chi connectivity index (χ3n) is 2.91. The molecule has 2 aromatic rings. The van der Waals surface area contributed by atoms with Gasteiger partial charge in [-0.25, -0.2) is 9.78 Å². The van der Waals surface area contributed by atoms with Gasteiger partial charge in [0.25, 0.3) is 5.91 Å². The summed E-state index contributed by atoms with van der Waals surface area (Å²) in [4.78, 5) is 26.8. The van der Waals surface area contributed by atoms with Crippen molar-refractivity contribution in [2.75, 3.05) is 6.54 Å². The summed E-state index contributed by atoms with van der Waals surface area (Å²) in [6.07, 6.45) is 0.511. The minimum Gasteiger partial charge on any atom is -0.476 e. The summed E-state index contributed by atoms with van der Waals surface area (Å²) < 4.78 is 0.890. The number of nitrogens with zero attached hydrogens (tertiary/aromatic N) is 1. The molecule has 0 aliphatic heterocycles. The minimum atomic E-state index is -1.04. The lowest BCUT2D eigenvalue weighted by molar-refractivity contribution is 0.0690. The number of halogens is 1. The molecule has 0 aliphatic rings. The van der Waals surface area contributed by atoms with Gasteiger partial charge in [-0.15, -0.1) is 11.3 Å². The Morgan fingerprint density at radius 2 is 2.19 bits per heavy atom. The highest BCUT2D eigenvalue weighted by Gasteiger charge is 2.11. The largest absolute Gasteiger partial charge is 0.476 e. The maximum absolute atomic E-state index is 12.1. The van der Waals surface area contributed by atoms with Gasteiger partial charge in [0.2, 0.25) is 0 Å². The average Bonchev–Trinajstić information content (AvgIpc) is 2.91. The highest BCUT2D eigenvalue weighted by molar-refractivity contribution is 9.10. The van der Waals surface area contributed by atoms with Gasteiger partial charge >= 0.3 is 5.97 Å². The van der Waals surface area contributed by atoms with E-state index < -0.39 is 5.97 Å². The quantitative estimate of drug-likeness (QED) is 0.850. The van der Waals surface area contributed by atoms with E-state index in [2.05, 4.69) is 26.2 Å². The highest BCUT2D eigenvalue weighted by Crippen LogP contribution is 2.19. The molecule has 1 amide bonds. The van der Waals surface area contributed by atoms with E-state index >= 15 is 0 Å². The van der Waals surface area contributed by atoms with Crippen LogP contribution in [0.1, 0.15) is 31.4 Å². The maximum atomic E-state index is 12.1. The molecule has 1 heterocycles. The van der Waals surface area contributed by atoms with Crippen LogP contribution in [0.25, 0.3) is 0 Å². The second-order valence-corrected chi connectivity index (χ2v) is 6.15. The Kier molecular flexibility index (Phi) is 5.08. The molecule has 0 atom stereocenters. The summed E-state index contributed by atoms with van der Waals surface area (Å²) in [5.41, 5.74) is 1.55. The van der Waals surface area contributed by atoms with E-state index in [-0.39, 0.29) is 11.6 Å². The Morgan fingerprint density at radius 3 is 2.86 bits per heavy atom. The van der Waals surface area contributed by atoms with Crippen molar-refractivity contribution in [1.29, 1.82) is 0 Å². The molecule has 7 heteroatoms. The summed E-state index contributed by atoms with van der Waals surface area (Å²) in [5, 5.41) is 13.8. The van der Waals surface area contributed by atoms with E-state index in [9.17, 15) is 9.59 Å². The first-order valence-electron chi connectivity index (χ1n) is 6.20. The van der Waals surface area contributed by atoms with E-state index in [0.717, 1.165) is 10.0 Å². The molecular weight excluding hydrogens is 356 g/mol. The highest BCUT2D eigenvalue weighted by atomic mass is 79.9. The number of carboxylic acids is 1. The van der Waals surface area contributed by atoms with Gasteiger partial charge in [0.05, 0.1) is 5.01 Å². The zero-order valence-electron chi connectivity index (χ0n) is 11.2. The Balaban J connectivity index is 1.92. The first-order valence-corrected chi connectivity index (χ1v) is 7.87. The average molecular weight is 369 g/mol.